The Morgan fingerprint density at radius 1 is 1.12 bits per heavy atom. The molecule has 0 aliphatic heterocycles. The maximum atomic E-state index is 12.1. The highest BCUT2D eigenvalue weighted by Gasteiger charge is 2.21. The fourth-order valence-electron chi connectivity index (χ4n) is 2.01. The van der Waals surface area contributed by atoms with Crippen molar-refractivity contribution in [3.63, 3.8) is 0 Å². The highest BCUT2D eigenvalue weighted by atomic mass is 16.4. The van der Waals surface area contributed by atoms with Gasteiger partial charge in [-0.2, -0.15) is 0 Å². The number of aliphatic carboxylic acids is 1. The third-order valence-corrected chi connectivity index (χ3v) is 3.53. The van der Waals surface area contributed by atoms with Crippen LogP contribution in [0.4, 0.5) is 0 Å². The predicted molar refractivity (Wildman–Crippen MR) is 91.5 cm³/mol. The van der Waals surface area contributed by atoms with Crippen molar-refractivity contribution < 1.29 is 19.5 Å². The average molecular weight is 334 g/mol. The van der Waals surface area contributed by atoms with Crippen LogP contribution in [-0.4, -0.2) is 28.9 Å². The van der Waals surface area contributed by atoms with Crippen LogP contribution in [0.5, 0.6) is 0 Å². The summed E-state index contributed by atoms with van der Waals surface area (Å²) in [6, 6.07) is 5.85. The normalized spacial score (nSPS) is 12.3. The first-order chi connectivity index (χ1) is 11.1. The number of carbonyl (C=O) groups is 3. The van der Waals surface area contributed by atoms with Crippen molar-refractivity contribution in [2.75, 3.05) is 0 Å². The lowest BCUT2D eigenvalue weighted by Gasteiger charge is -2.17. The van der Waals surface area contributed by atoms with Crippen LogP contribution in [-0.2, 0) is 16.1 Å². The Morgan fingerprint density at radius 2 is 1.71 bits per heavy atom. The zero-order valence-corrected chi connectivity index (χ0v) is 14.7. The second-order valence-electron chi connectivity index (χ2n) is 6.78. The predicted octanol–water partition coefficient (Wildman–Crippen LogP) is 2.33. The molecule has 2 amide bonds. The fourth-order valence-corrected chi connectivity index (χ4v) is 2.01. The van der Waals surface area contributed by atoms with Gasteiger partial charge in [-0.25, -0.2) is 4.79 Å². The van der Waals surface area contributed by atoms with Gasteiger partial charge in [0.05, 0.1) is 0 Å². The summed E-state index contributed by atoms with van der Waals surface area (Å²) in [5.74, 6) is -1.50. The topological polar surface area (TPSA) is 95.5 Å². The Balaban J connectivity index is 2.65. The van der Waals surface area contributed by atoms with E-state index in [1.165, 1.54) is 0 Å². The maximum absolute atomic E-state index is 12.1. The highest BCUT2D eigenvalue weighted by Crippen LogP contribution is 2.13. The van der Waals surface area contributed by atoms with E-state index in [-0.39, 0.29) is 5.91 Å². The summed E-state index contributed by atoms with van der Waals surface area (Å²) in [6.07, 6.45) is 1.06. The number of carboxylic acid groups (broad SMARTS) is 1. The average Bonchev–Trinajstić information content (AvgIpc) is 2.51. The second kappa shape index (κ2) is 8.47. The van der Waals surface area contributed by atoms with Crippen molar-refractivity contribution in [1.29, 1.82) is 0 Å². The standard InChI is InChI=1S/C18H26N2O4/c1-5-6-14(16(22)23)20-15(21)13-9-7-12(8-10-13)11-19-17(24)18(2,3)4/h7-10,14H,5-6,11H2,1-4H3,(H,19,24)(H,20,21)(H,22,23). The number of amides is 2. The molecule has 6 heteroatoms. The van der Waals surface area contributed by atoms with E-state index in [1.54, 1.807) is 24.3 Å². The number of hydrogen-bond donors (Lipinski definition) is 3. The van der Waals surface area contributed by atoms with E-state index in [4.69, 9.17) is 5.11 Å². The summed E-state index contributed by atoms with van der Waals surface area (Å²) >= 11 is 0. The molecule has 132 valence electrons. The summed E-state index contributed by atoms with van der Waals surface area (Å²) in [4.78, 5) is 35.0. The third-order valence-electron chi connectivity index (χ3n) is 3.53. The number of hydrogen-bond acceptors (Lipinski definition) is 3. The molecule has 0 saturated carbocycles. The van der Waals surface area contributed by atoms with E-state index in [1.807, 2.05) is 27.7 Å². The summed E-state index contributed by atoms with van der Waals surface area (Å²) < 4.78 is 0. The molecule has 1 aromatic carbocycles. The Labute approximate surface area is 142 Å². The number of carboxylic acids is 1. The van der Waals surface area contributed by atoms with E-state index < -0.39 is 23.3 Å². The molecule has 1 aromatic rings. The molecule has 24 heavy (non-hydrogen) atoms. The first-order valence-corrected chi connectivity index (χ1v) is 8.06. The van der Waals surface area contributed by atoms with Crippen molar-refractivity contribution in [3.8, 4) is 0 Å². The fraction of sp³-hybridized carbons (Fsp3) is 0.500. The SMILES string of the molecule is CCCC(NC(=O)c1ccc(CNC(=O)C(C)(C)C)cc1)C(=O)O. The molecule has 0 aromatic heterocycles. The van der Waals surface area contributed by atoms with Crippen molar-refractivity contribution in [2.24, 2.45) is 5.41 Å². The van der Waals surface area contributed by atoms with E-state index >= 15 is 0 Å². The van der Waals surface area contributed by atoms with E-state index in [2.05, 4.69) is 10.6 Å². The molecular formula is C18H26N2O4. The summed E-state index contributed by atoms with van der Waals surface area (Å²) in [7, 11) is 0. The summed E-state index contributed by atoms with van der Waals surface area (Å²) in [6.45, 7) is 7.76. The first kappa shape index (κ1) is 19.7. The van der Waals surface area contributed by atoms with Gasteiger partial charge in [0, 0.05) is 17.5 Å². The lowest BCUT2D eigenvalue weighted by Crippen LogP contribution is -2.40. The molecule has 0 fully saturated rings. The lowest BCUT2D eigenvalue weighted by molar-refractivity contribution is -0.139. The van der Waals surface area contributed by atoms with Crippen molar-refractivity contribution in [3.05, 3.63) is 35.4 Å². The molecule has 3 N–H and O–H groups in total. The van der Waals surface area contributed by atoms with Gasteiger partial charge in [-0.15, -0.1) is 0 Å². The van der Waals surface area contributed by atoms with Gasteiger partial charge in [0.2, 0.25) is 5.91 Å². The van der Waals surface area contributed by atoms with Gasteiger partial charge < -0.3 is 15.7 Å². The Bertz CT molecular complexity index is 588. The van der Waals surface area contributed by atoms with Gasteiger partial charge in [0.15, 0.2) is 0 Å². The van der Waals surface area contributed by atoms with Crippen LogP contribution >= 0.6 is 0 Å². The second-order valence-corrected chi connectivity index (χ2v) is 6.78. The third kappa shape index (κ3) is 6.02. The molecule has 0 bridgehead atoms. The van der Waals surface area contributed by atoms with Crippen LogP contribution in [0.1, 0.15) is 56.5 Å². The largest absolute Gasteiger partial charge is 0.480 e. The van der Waals surface area contributed by atoms with Crippen LogP contribution in [0.3, 0.4) is 0 Å². The highest BCUT2D eigenvalue weighted by molar-refractivity contribution is 5.96. The Kier molecular flexibility index (Phi) is 6.95. The molecule has 1 rings (SSSR count). The molecule has 0 radical (unpaired) electrons. The van der Waals surface area contributed by atoms with Crippen molar-refractivity contribution in [2.45, 2.75) is 53.1 Å². The molecule has 1 unspecified atom stereocenters. The van der Waals surface area contributed by atoms with Crippen molar-refractivity contribution in [1.82, 2.24) is 10.6 Å². The number of carbonyl (C=O) groups excluding carboxylic acids is 2. The van der Waals surface area contributed by atoms with Gasteiger partial charge >= 0.3 is 5.97 Å². The van der Waals surface area contributed by atoms with E-state index in [9.17, 15) is 14.4 Å². The number of rotatable bonds is 7. The molecule has 0 aliphatic carbocycles. The van der Waals surface area contributed by atoms with Gasteiger partial charge in [-0.05, 0) is 24.1 Å². The molecule has 0 spiro atoms. The number of nitrogens with one attached hydrogen (secondary N) is 2. The van der Waals surface area contributed by atoms with Gasteiger partial charge in [-0.3, -0.25) is 9.59 Å². The van der Waals surface area contributed by atoms with Crippen LogP contribution in [0.25, 0.3) is 0 Å². The Morgan fingerprint density at radius 3 is 2.17 bits per heavy atom. The zero-order chi connectivity index (χ0) is 18.3. The van der Waals surface area contributed by atoms with Gasteiger partial charge in [0.25, 0.3) is 5.91 Å². The molecule has 6 nitrogen and oxygen atoms in total. The molecule has 0 aliphatic rings. The maximum Gasteiger partial charge on any atom is 0.326 e. The van der Waals surface area contributed by atoms with Crippen LogP contribution < -0.4 is 10.6 Å². The van der Waals surface area contributed by atoms with Crippen LogP contribution in [0.15, 0.2) is 24.3 Å². The van der Waals surface area contributed by atoms with E-state index in [0.717, 1.165) is 5.56 Å². The molecule has 0 saturated heterocycles. The molecule has 0 heterocycles. The van der Waals surface area contributed by atoms with E-state index in [0.29, 0.717) is 24.9 Å². The molecular weight excluding hydrogens is 308 g/mol. The first-order valence-electron chi connectivity index (χ1n) is 8.06. The minimum absolute atomic E-state index is 0.0480. The van der Waals surface area contributed by atoms with Crippen LogP contribution in [0, 0.1) is 5.41 Å². The smallest absolute Gasteiger partial charge is 0.326 e. The minimum atomic E-state index is -1.04. The van der Waals surface area contributed by atoms with Gasteiger partial charge in [0.1, 0.15) is 6.04 Å². The van der Waals surface area contributed by atoms with Crippen molar-refractivity contribution >= 4 is 17.8 Å². The van der Waals surface area contributed by atoms with Gasteiger partial charge in [-0.1, -0.05) is 46.2 Å². The summed E-state index contributed by atoms with van der Waals surface area (Å²) in [5.41, 5.74) is 0.807. The zero-order valence-electron chi connectivity index (χ0n) is 14.7. The number of benzene rings is 1. The Hall–Kier alpha value is -2.37. The monoisotopic (exact) mass is 334 g/mol. The van der Waals surface area contributed by atoms with Crippen LogP contribution in [0.2, 0.25) is 0 Å². The quantitative estimate of drug-likeness (QED) is 0.713. The lowest BCUT2D eigenvalue weighted by atomic mass is 9.95. The minimum Gasteiger partial charge on any atom is -0.480 e. The molecule has 1 atom stereocenters. The summed E-state index contributed by atoms with van der Waals surface area (Å²) in [5, 5.41) is 14.4.